The molecule has 0 spiro atoms. The van der Waals surface area contributed by atoms with E-state index in [-0.39, 0.29) is 5.41 Å². The van der Waals surface area contributed by atoms with Crippen molar-refractivity contribution < 1.29 is 8.42 Å². The molecule has 0 saturated heterocycles. The van der Waals surface area contributed by atoms with Crippen LogP contribution >= 0.6 is 15.9 Å². The molecule has 88 valence electrons. The van der Waals surface area contributed by atoms with Gasteiger partial charge in [-0.05, 0) is 35.4 Å². The van der Waals surface area contributed by atoms with Gasteiger partial charge in [0, 0.05) is 11.6 Å². The van der Waals surface area contributed by atoms with Crippen LogP contribution in [0.15, 0.2) is 29.2 Å². The highest BCUT2D eigenvalue weighted by Gasteiger charge is 2.50. The Kier molecular flexibility index (Phi) is 2.91. The van der Waals surface area contributed by atoms with Crippen molar-refractivity contribution in [3.05, 3.63) is 29.8 Å². The second-order valence-electron chi connectivity index (χ2n) is 4.77. The van der Waals surface area contributed by atoms with Gasteiger partial charge in [0.2, 0.25) is 0 Å². The summed E-state index contributed by atoms with van der Waals surface area (Å²) < 4.78 is 22.6. The second kappa shape index (κ2) is 3.84. The topological polar surface area (TPSA) is 34.1 Å². The zero-order valence-corrected chi connectivity index (χ0v) is 11.8. The van der Waals surface area contributed by atoms with Crippen molar-refractivity contribution >= 4 is 25.8 Å². The molecule has 0 radical (unpaired) electrons. The van der Waals surface area contributed by atoms with Crippen LogP contribution in [0.5, 0.6) is 0 Å². The summed E-state index contributed by atoms with van der Waals surface area (Å²) in [6, 6.07) is 7.30. The molecule has 1 aromatic rings. The Bertz CT molecular complexity index is 492. The SMILES string of the molecule is CC1(c2ccc(S(C)(=O)=O)cc2)CC1CBr. The van der Waals surface area contributed by atoms with Crippen LogP contribution < -0.4 is 0 Å². The van der Waals surface area contributed by atoms with E-state index in [1.54, 1.807) is 12.1 Å². The molecular formula is C12H15BrO2S. The first-order chi connectivity index (χ1) is 7.38. The molecule has 1 aromatic carbocycles. The molecule has 0 amide bonds. The average molecular weight is 303 g/mol. The number of benzene rings is 1. The summed E-state index contributed by atoms with van der Waals surface area (Å²) in [4.78, 5) is 0.399. The second-order valence-corrected chi connectivity index (χ2v) is 7.43. The first kappa shape index (κ1) is 12.1. The van der Waals surface area contributed by atoms with Gasteiger partial charge >= 0.3 is 0 Å². The molecular weight excluding hydrogens is 288 g/mol. The largest absolute Gasteiger partial charge is 0.224 e. The first-order valence-corrected chi connectivity index (χ1v) is 8.26. The van der Waals surface area contributed by atoms with E-state index in [0.717, 1.165) is 5.33 Å². The lowest BCUT2D eigenvalue weighted by atomic mass is 9.96. The van der Waals surface area contributed by atoms with E-state index < -0.39 is 9.84 Å². The van der Waals surface area contributed by atoms with Gasteiger partial charge in [-0.2, -0.15) is 0 Å². The van der Waals surface area contributed by atoms with Crippen molar-refractivity contribution in [2.24, 2.45) is 5.92 Å². The van der Waals surface area contributed by atoms with Gasteiger partial charge in [-0.3, -0.25) is 0 Å². The fourth-order valence-corrected chi connectivity index (χ4v) is 3.69. The third-order valence-electron chi connectivity index (χ3n) is 3.54. The van der Waals surface area contributed by atoms with E-state index >= 15 is 0 Å². The molecule has 4 heteroatoms. The molecule has 16 heavy (non-hydrogen) atoms. The number of hydrogen-bond acceptors (Lipinski definition) is 2. The molecule has 1 aliphatic rings. The molecule has 0 heterocycles. The molecule has 0 aliphatic heterocycles. The average Bonchev–Trinajstić information content (AvgIpc) is 2.90. The Morgan fingerprint density at radius 1 is 1.38 bits per heavy atom. The summed E-state index contributed by atoms with van der Waals surface area (Å²) >= 11 is 3.50. The minimum Gasteiger partial charge on any atom is -0.224 e. The lowest BCUT2D eigenvalue weighted by Crippen LogP contribution is -2.06. The van der Waals surface area contributed by atoms with Crippen LogP contribution in [-0.4, -0.2) is 20.0 Å². The molecule has 0 aromatic heterocycles. The lowest BCUT2D eigenvalue weighted by molar-refractivity contribution is 0.601. The van der Waals surface area contributed by atoms with Gasteiger partial charge in [-0.25, -0.2) is 8.42 Å². The van der Waals surface area contributed by atoms with Crippen molar-refractivity contribution in [2.45, 2.75) is 23.7 Å². The smallest absolute Gasteiger partial charge is 0.175 e. The van der Waals surface area contributed by atoms with E-state index in [2.05, 4.69) is 22.9 Å². The Balaban J connectivity index is 2.28. The maximum atomic E-state index is 11.3. The number of sulfone groups is 1. The van der Waals surface area contributed by atoms with Crippen molar-refractivity contribution in [1.82, 2.24) is 0 Å². The zero-order valence-electron chi connectivity index (χ0n) is 9.40. The summed E-state index contributed by atoms with van der Waals surface area (Å²) in [7, 11) is -3.07. The molecule has 1 fully saturated rings. The van der Waals surface area contributed by atoms with Gasteiger partial charge in [-0.1, -0.05) is 35.0 Å². The predicted octanol–water partition coefficient (Wildman–Crippen LogP) is 2.76. The third kappa shape index (κ3) is 2.05. The van der Waals surface area contributed by atoms with E-state index in [0.29, 0.717) is 10.8 Å². The maximum Gasteiger partial charge on any atom is 0.175 e. The van der Waals surface area contributed by atoms with Crippen molar-refractivity contribution in [3.8, 4) is 0 Å². The summed E-state index contributed by atoms with van der Waals surface area (Å²) in [5.74, 6) is 0.677. The summed E-state index contributed by atoms with van der Waals surface area (Å²) in [5, 5.41) is 1.01. The minimum absolute atomic E-state index is 0.236. The van der Waals surface area contributed by atoms with Gasteiger partial charge in [0.05, 0.1) is 4.90 Å². The summed E-state index contributed by atoms with van der Waals surface area (Å²) in [6.45, 7) is 2.23. The fraction of sp³-hybridized carbons (Fsp3) is 0.500. The Labute approximate surface area is 105 Å². The molecule has 0 bridgehead atoms. The summed E-state index contributed by atoms with van der Waals surface area (Å²) in [6.07, 6.45) is 2.42. The molecule has 1 aliphatic carbocycles. The highest BCUT2D eigenvalue weighted by atomic mass is 79.9. The Morgan fingerprint density at radius 3 is 2.31 bits per heavy atom. The van der Waals surface area contributed by atoms with Crippen LogP contribution in [0.3, 0.4) is 0 Å². The van der Waals surface area contributed by atoms with Gasteiger partial charge in [0.15, 0.2) is 9.84 Å². The first-order valence-electron chi connectivity index (χ1n) is 5.24. The fourth-order valence-electron chi connectivity index (χ4n) is 2.11. The van der Waals surface area contributed by atoms with Crippen LogP contribution in [-0.2, 0) is 15.3 Å². The highest BCUT2D eigenvalue weighted by molar-refractivity contribution is 9.09. The molecule has 2 nitrogen and oxygen atoms in total. The molecule has 0 N–H and O–H groups in total. The van der Waals surface area contributed by atoms with Crippen molar-refractivity contribution in [2.75, 3.05) is 11.6 Å². The Hall–Kier alpha value is -0.350. The highest BCUT2D eigenvalue weighted by Crippen LogP contribution is 2.54. The van der Waals surface area contributed by atoms with Gasteiger partial charge in [0.25, 0.3) is 0 Å². The van der Waals surface area contributed by atoms with Crippen LogP contribution in [0.4, 0.5) is 0 Å². The van der Waals surface area contributed by atoms with E-state index in [1.807, 2.05) is 12.1 Å². The Morgan fingerprint density at radius 2 is 1.94 bits per heavy atom. The van der Waals surface area contributed by atoms with Crippen LogP contribution in [0.1, 0.15) is 18.9 Å². The van der Waals surface area contributed by atoms with E-state index in [1.165, 1.54) is 18.2 Å². The van der Waals surface area contributed by atoms with E-state index in [9.17, 15) is 8.42 Å². The quantitative estimate of drug-likeness (QED) is 0.805. The van der Waals surface area contributed by atoms with Gasteiger partial charge < -0.3 is 0 Å². The zero-order chi connectivity index (χ0) is 12.0. The van der Waals surface area contributed by atoms with Gasteiger partial charge in [0.1, 0.15) is 0 Å². The summed E-state index contributed by atoms with van der Waals surface area (Å²) in [5.41, 5.74) is 1.48. The molecule has 2 rings (SSSR count). The molecule has 2 unspecified atom stereocenters. The van der Waals surface area contributed by atoms with Crippen molar-refractivity contribution in [3.63, 3.8) is 0 Å². The number of halogens is 1. The lowest BCUT2D eigenvalue weighted by Gasteiger charge is -2.11. The minimum atomic E-state index is -3.07. The third-order valence-corrected chi connectivity index (χ3v) is 5.45. The monoisotopic (exact) mass is 302 g/mol. The number of hydrogen-bond donors (Lipinski definition) is 0. The number of alkyl halides is 1. The van der Waals surface area contributed by atoms with Gasteiger partial charge in [-0.15, -0.1) is 0 Å². The molecule has 2 atom stereocenters. The van der Waals surface area contributed by atoms with Crippen LogP contribution in [0.25, 0.3) is 0 Å². The number of rotatable bonds is 3. The van der Waals surface area contributed by atoms with Crippen molar-refractivity contribution in [1.29, 1.82) is 0 Å². The normalized spacial score (nSPS) is 29.1. The maximum absolute atomic E-state index is 11.3. The molecule has 1 saturated carbocycles. The standard InChI is InChI=1S/C12H15BrO2S/c1-12(7-10(12)8-13)9-3-5-11(6-4-9)16(2,14)15/h3-6,10H,7-8H2,1-2H3. The van der Waals surface area contributed by atoms with Crippen LogP contribution in [0.2, 0.25) is 0 Å². The predicted molar refractivity (Wildman–Crippen MR) is 68.8 cm³/mol. The van der Waals surface area contributed by atoms with Crippen LogP contribution in [0, 0.1) is 5.92 Å². The van der Waals surface area contributed by atoms with E-state index in [4.69, 9.17) is 0 Å².